The standard InChI is InChI=1S/C25H44O15S/c1-3-11-20(29)21(30)18(39-23(11)25(32)33)10-35-5-12-13(19(28)15(4-26)38-16(12)8-34-2)6-36-9-17-22(31)24(40-41)14(27)7-37-17/h11-24,26-31,41H,3-10H2,1-2H3,(H,32,33)/t11-,12?,13-,14+,15?,16+,17+,18+,19-,20+,21?,22?,23?,24+/m1/s1. The summed E-state index contributed by atoms with van der Waals surface area (Å²) in [7, 11) is 1.46. The fourth-order valence-electron chi connectivity index (χ4n) is 5.77. The van der Waals surface area contributed by atoms with Crippen LogP contribution in [0.25, 0.3) is 0 Å². The van der Waals surface area contributed by atoms with Crippen LogP contribution in [0.2, 0.25) is 0 Å². The van der Waals surface area contributed by atoms with Gasteiger partial charge >= 0.3 is 5.97 Å². The highest BCUT2D eigenvalue weighted by atomic mass is 32.1. The summed E-state index contributed by atoms with van der Waals surface area (Å²) in [5.41, 5.74) is 0. The molecule has 0 spiro atoms. The highest BCUT2D eigenvalue weighted by Gasteiger charge is 2.48. The minimum Gasteiger partial charge on any atom is -0.479 e. The SMILES string of the molecule is CC[C@H]1C(C(=O)O)O[C@@H](COCC2[C@H](COC)OC(CO)[C@H](O)[C@@H]2COC[C@@H]2OC[C@H](O)[C@H](OS)C2O)C(O)[C@H]1O. The van der Waals surface area contributed by atoms with Crippen LogP contribution in [-0.4, -0.2) is 162 Å². The van der Waals surface area contributed by atoms with Gasteiger partial charge in [-0.3, -0.25) is 0 Å². The Morgan fingerprint density at radius 1 is 0.805 bits per heavy atom. The van der Waals surface area contributed by atoms with Crippen LogP contribution < -0.4 is 0 Å². The van der Waals surface area contributed by atoms with Crippen molar-refractivity contribution in [3.05, 3.63) is 0 Å². The zero-order valence-corrected chi connectivity index (χ0v) is 24.0. The van der Waals surface area contributed by atoms with E-state index in [1.807, 2.05) is 0 Å². The van der Waals surface area contributed by atoms with E-state index in [1.165, 1.54) is 7.11 Å². The Labute approximate surface area is 243 Å². The molecule has 3 aliphatic heterocycles. The van der Waals surface area contributed by atoms with Crippen molar-refractivity contribution in [1.82, 2.24) is 0 Å². The highest BCUT2D eigenvalue weighted by molar-refractivity contribution is 7.75. The summed E-state index contributed by atoms with van der Waals surface area (Å²) in [6, 6.07) is 0. The lowest BCUT2D eigenvalue weighted by Gasteiger charge is -2.45. The quantitative estimate of drug-likeness (QED) is 0.0718. The Hall–Kier alpha value is -0.700. The van der Waals surface area contributed by atoms with Gasteiger partial charge in [-0.05, 0) is 19.3 Å². The van der Waals surface area contributed by atoms with Crippen molar-refractivity contribution in [3.63, 3.8) is 0 Å². The summed E-state index contributed by atoms with van der Waals surface area (Å²) in [6.45, 7) is 0.753. The third-order valence-corrected chi connectivity index (χ3v) is 8.43. The van der Waals surface area contributed by atoms with Crippen LogP contribution in [0.3, 0.4) is 0 Å². The lowest BCUT2D eigenvalue weighted by molar-refractivity contribution is -0.235. The number of aliphatic hydroxyl groups is 6. The molecular weight excluding hydrogens is 572 g/mol. The second-order valence-electron chi connectivity index (χ2n) is 10.7. The number of carboxylic acids is 1. The van der Waals surface area contributed by atoms with E-state index in [1.54, 1.807) is 6.92 Å². The maximum Gasteiger partial charge on any atom is 0.333 e. The number of carboxylic acid groups (broad SMARTS) is 1. The van der Waals surface area contributed by atoms with Gasteiger partial charge < -0.3 is 68.3 Å². The van der Waals surface area contributed by atoms with Gasteiger partial charge in [0.15, 0.2) is 6.10 Å². The molecule has 3 heterocycles. The highest BCUT2D eigenvalue weighted by Crippen LogP contribution is 2.34. The van der Waals surface area contributed by atoms with Crippen molar-refractivity contribution in [2.45, 2.75) is 80.5 Å². The fourth-order valence-corrected chi connectivity index (χ4v) is 6.04. The van der Waals surface area contributed by atoms with Crippen molar-refractivity contribution in [2.75, 3.05) is 53.4 Å². The Kier molecular flexibility index (Phi) is 13.9. The summed E-state index contributed by atoms with van der Waals surface area (Å²) < 4.78 is 38.7. The number of aliphatic hydroxyl groups excluding tert-OH is 6. The van der Waals surface area contributed by atoms with Crippen LogP contribution in [0.15, 0.2) is 0 Å². The van der Waals surface area contributed by atoms with Gasteiger partial charge in [-0.2, -0.15) is 0 Å². The summed E-state index contributed by atoms with van der Waals surface area (Å²) in [5.74, 6) is -3.24. The van der Waals surface area contributed by atoms with Crippen LogP contribution >= 0.6 is 12.9 Å². The maximum atomic E-state index is 11.7. The molecule has 0 saturated carbocycles. The number of rotatable bonds is 14. The molecule has 0 aromatic carbocycles. The number of hydrogen-bond acceptors (Lipinski definition) is 15. The molecule has 5 unspecified atom stereocenters. The Balaban J connectivity index is 1.66. The van der Waals surface area contributed by atoms with Crippen molar-refractivity contribution < 1.29 is 73.1 Å². The molecule has 15 nitrogen and oxygen atoms in total. The van der Waals surface area contributed by atoms with E-state index < -0.39 is 97.5 Å². The summed E-state index contributed by atoms with van der Waals surface area (Å²) in [6.07, 6.45) is -11.7. The van der Waals surface area contributed by atoms with E-state index >= 15 is 0 Å². The molecule has 3 aliphatic rings. The third-order valence-electron chi connectivity index (χ3n) is 8.19. The van der Waals surface area contributed by atoms with E-state index in [0.717, 1.165) is 0 Å². The molecule has 240 valence electrons. The van der Waals surface area contributed by atoms with E-state index in [2.05, 4.69) is 12.9 Å². The van der Waals surface area contributed by atoms with Gasteiger partial charge in [0.1, 0.15) is 42.7 Å². The predicted molar refractivity (Wildman–Crippen MR) is 140 cm³/mol. The van der Waals surface area contributed by atoms with E-state index in [4.69, 9.17) is 32.6 Å². The van der Waals surface area contributed by atoms with Crippen LogP contribution in [0.5, 0.6) is 0 Å². The molecule has 3 fully saturated rings. The predicted octanol–water partition coefficient (Wildman–Crippen LogP) is -3.03. The number of aliphatic carboxylic acids is 1. The molecule has 3 rings (SSSR count). The Morgan fingerprint density at radius 3 is 2.05 bits per heavy atom. The van der Waals surface area contributed by atoms with Gasteiger partial charge in [0, 0.05) is 24.9 Å². The lowest BCUT2D eigenvalue weighted by atomic mass is 9.79. The Morgan fingerprint density at radius 2 is 1.46 bits per heavy atom. The van der Waals surface area contributed by atoms with Crippen LogP contribution in [-0.2, 0) is 37.4 Å². The average Bonchev–Trinajstić information content (AvgIpc) is 2.94. The molecule has 0 amide bonds. The van der Waals surface area contributed by atoms with Crippen LogP contribution in [0.1, 0.15) is 13.3 Å². The van der Waals surface area contributed by atoms with Gasteiger partial charge in [0.05, 0.1) is 64.6 Å². The molecule has 0 aliphatic carbocycles. The van der Waals surface area contributed by atoms with Crippen LogP contribution in [0, 0.1) is 17.8 Å². The van der Waals surface area contributed by atoms with Gasteiger partial charge in [-0.25, -0.2) is 4.79 Å². The number of thiol groups is 1. The monoisotopic (exact) mass is 616 g/mol. The number of methoxy groups -OCH3 is 1. The first-order valence-electron chi connectivity index (χ1n) is 13.7. The molecule has 3 saturated heterocycles. The summed E-state index contributed by atoms with van der Waals surface area (Å²) in [5, 5.41) is 71.7. The average molecular weight is 617 g/mol. The van der Waals surface area contributed by atoms with E-state index in [0.29, 0.717) is 0 Å². The smallest absolute Gasteiger partial charge is 0.333 e. The summed E-state index contributed by atoms with van der Waals surface area (Å²) >= 11 is 3.70. The van der Waals surface area contributed by atoms with Gasteiger partial charge in [-0.15, -0.1) is 0 Å². The molecular formula is C25H44O15S. The van der Waals surface area contributed by atoms with Crippen molar-refractivity contribution in [3.8, 4) is 0 Å². The number of carbonyl (C=O) groups is 1. The second-order valence-corrected chi connectivity index (χ2v) is 10.9. The van der Waals surface area contributed by atoms with Crippen LogP contribution in [0.4, 0.5) is 0 Å². The van der Waals surface area contributed by atoms with Gasteiger partial charge in [0.25, 0.3) is 0 Å². The van der Waals surface area contributed by atoms with Crippen molar-refractivity contribution >= 4 is 18.9 Å². The number of hydrogen-bond donors (Lipinski definition) is 8. The topological polar surface area (TPSA) is 223 Å². The van der Waals surface area contributed by atoms with Crippen molar-refractivity contribution in [2.24, 2.45) is 17.8 Å². The molecule has 0 radical (unpaired) electrons. The third kappa shape index (κ3) is 8.27. The first kappa shape index (κ1) is 34.8. The maximum absolute atomic E-state index is 11.7. The molecule has 0 aromatic rings. The minimum atomic E-state index is -1.37. The van der Waals surface area contributed by atoms with Gasteiger partial charge in [-0.1, -0.05) is 6.92 Å². The minimum absolute atomic E-state index is 0.0564. The normalized spacial score (nSPS) is 43.6. The number of ether oxygens (including phenoxy) is 6. The molecule has 41 heavy (non-hydrogen) atoms. The lowest BCUT2D eigenvalue weighted by Crippen LogP contribution is -2.58. The molecule has 7 N–H and O–H groups in total. The second kappa shape index (κ2) is 16.4. The van der Waals surface area contributed by atoms with Gasteiger partial charge in [0.2, 0.25) is 0 Å². The largest absolute Gasteiger partial charge is 0.479 e. The zero-order valence-electron chi connectivity index (χ0n) is 23.1. The van der Waals surface area contributed by atoms with E-state index in [9.17, 15) is 40.5 Å². The molecule has 14 atom stereocenters. The first-order valence-corrected chi connectivity index (χ1v) is 14.1. The van der Waals surface area contributed by atoms with E-state index in [-0.39, 0.29) is 46.1 Å². The Bertz CT molecular complexity index is 794. The fraction of sp³-hybridized carbons (Fsp3) is 0.960. The summed E-state index contributed by atoms with van der Waals surface area (Å²) in [4.78, 5) is 11.7. The molecule has 0 bridgehead atoms. The zero-order chi connectivity index (χ0) is 30.3. The molecule has 0 aromatic heterocycles. The van der Waals surface area contributed by atoms with Crippen molar-refractivity contribution in [1.29, 1.82) is 0 Å². The molecule has 16 heteroatoms. The first-order chi connectivity index (χ1) is 19.6.